The molecule has 0 radical (unpaired) electrons. The molecule has 2 aliphatic heterocycles. The second kappa shape index (κ2) is 3.70. The molecule has 2 bridgehead atoms. The van der Waals surface area contributed by atoms with Crippen LogP contribution in [-0.2, 0) is 23.8 Å². The van der Waals surface area contributed by atoms with Gasteiger partial charge < -0.3 is 14.2 Å². The molecule has 0 aromatic rings. The Morgan fingerprint density at radius 1 is 1.24 bits per heavy atom. The molecule has 0 aliphatic carbocycles. The SMILES string of the molecule is COC(=O)[C@@H]1[C@](C)(C(=O)OC)[C@H]2CC[C@@]1(C)O2. The first-order valence-corrected chi connectivity index (χ1v) is 5.74. The van der Waals surface area contributed by atoms with Crippen LogP contribution in [0.5, 0.6) is 0 Å². The lowest BCUT2D eigenvalue weighted by molar-refractivity contribution is -0.167. The van der Waals surface area contributed by atoms with Gasteiger partial charge in [0.25, 0.3) is 0 Å². The van der Waals surface area contributed by atoms with Crippen LogP contribution in [0.3, 0.4) is 0 Å². The van der Waals surface area contributed by atoms with Gasteiger partial charge in [-0.1, -0.05) is 0 Å². The summed E-state index contributed by atoms with van der Waals surface area (Å²) in [5, 5.41) is 0. The molecule has 0 aromatic carbocycles. The number of carbonyl (C=O) groups excluding carboxylic acids is 2. The molecule has 0 N–H and O–H groups in total. The second-order valence-electron chi connectivity index (χ2n) is 5.19. The topological polar surface area (TPSA) is 61.8 Å². The number of hydrogen-bond acceptors (Lipinski definition) is 5. The molecule has 0 spiro atoms. The zero-order valence-corrected chi connectivity index (χ0v) is 10.6. The Morgan fingerprint density at radius 3 is 2.41 bits per heavy atom. The highest BCUT2D eigenvalue weighted by Crippen LogP contribution is 2.58. The van der Waals surface area contributed by atoms with Crippen LogP contribution in [-0.4, -0.2) is 37.9 Å². The molecule has 2 rings (SSSR count). The van der Waals surface area contributed by atoms with Crippen LogP contribution in [0.15, 0.2) is 0 Å². The molecule has 2 fully saturated rings. The molecule has 2 heterocycles. The quantitative estimate of drug-likeness (QED) is 0.673. The Balaban J connectivity index is 2.44. The summed E-state index contributed by atoms with van der Waals surface area (Å²) in [5.41, 5.74) is -1.55. The van der Waals surface area contributed by atoms with E-state index in [4.69, 9.17) is 14.2 Å². The summed E-state index contributed by atoms with van der Waals surface area (Å²) in [7, 11) is 2.66. The highest BCUT2D eigenvalue weighted by atomic mass is 16.6. The lowest BCUT2D eigenvalue weighted by Gasteiger charge is -2.37. The van der Waals surface area contributed by atoms with Crippen molar-refractivity contribution in [3.05, 3.63) is 0 Å². The number of methoxy groups -OCH3 is 2. The molecule has 17 heavy (non-hydrogen) atoms. The summed E-state index contributed by atoms with van der Waals surface area (Å²) in [6.45, 7) is 3.60. The molecule has 96 valence electrons. The monoisotopic (exact) mass is 242 g/mol. The van der Waals surface area contributed by atoms with Crippen LogP contribution in [0.1, 0.15) is 26.7 Å². The molecule has 4 atom stereocenters. The van der Waals surface area contributed by atoms with Crippen LogP contribution >= 0.6 is 0 Å². The van der Waals surface area contributed by atoms with Crippen molar-refractivity contribution in [2.24, 2.45) is 11.3 Å². The second-order valence-corrected chi connectivity index (χ2v) is 5.19. The Morgan fingerprint density at radius 2 is 1.88 bits per heavy atom. The van der Waals surface area contributed by atoms with E-state index in [0.717, 1.165) is 12.8 Å². The molecule has 0 aromatic heterocycles. The van der Waals surface area contributed by atoms with Crippen LogP contribution in [0, 0.1) is 11.3 Å². The molecule has 5 nitrogen and oxygen atoms in total. The van der Waals surface area contributed by atoms with Crippen molar-refractivity contribution in [1.29, 1.82) is 0 Å². The summed E-state index contributed by atoms with van der Waals surface area (Å²) in [4.78, 5) is 23.9. The molecule has 0 amide bonds. The molecule has 0 saturated carbocycles. The van der Waals surface area contributed by atoms with Crippen molar-refractivity contribution >= 4 is 11.9 Å². The minimum Gasteiger partial charge on any atom is -0.469 e. The van der Waals surface area contributed by atoms with E-state index in [0.29, 0.717) is 0 Å². The fourth-order valence-electron chi connectivity index (χ4n) is 3.40. The molecular formula is C12H18O5. The summed E-state index contributed by atoms with van der Waals surface area (Å²) in [6.07, 6.45) is 1.28. The van der Waals surface area contributed by atoms with Gasteiger partial charge in [-0.3, -0.25) is 9.59 Å². The predicted molar refractivity (Wildman–Crippen MR) is 58.1 cm³/mol. The Bertz CT molecular complexity index is 366. The summed E-state index contributed by atoms with van der Waals surface area (Å²) >= 11 is 0. The Kier molecular flexibility index (Phi) is 2.69. The average molecular weight is 242 g/mol. The summed E-state index contributed by atoms with van der Waals surface area (Å²) in [5.74, 6) is -1.39. The van der Waals surface area contributed by atoms with Gasteiger partial charge >= 0.3 is 11.9 Å². The molecule has 2 saturated heterocycles. The average Bonchev–Trinajstić information content (AvgIpc) is 2.79. The third-order valence-electron chi connectivity index (χ3n) is 4.26. The third-order valence-corrected chi connectivity index (χ3v) is 4.26. The van der Waals surface area contributed by atoms with E-state index in [1.807, 2.05) is 6.92 Å². The minimum atomic E-state index is -0.936. The lowest BCUT2D eigenvalue weighted by Crippen LogP contribution is -2.51. The number of hydrogen-bond donors (Lipinski definition) is 0. The molecule has 5 heteroatoms. The first-order chi connectivity index (χ1) is 7.90. The number of rotatable bonds is 2. The molecule has 0 unspecified atom stereocenters. The minimum absolute atomic E-state index is 0.260. The van der Waals surface area contributed by atoms with Gasteiger partial charge in [0.15, 0.2) is 0 Å². The number of carbonyl (C=O) groups is 2. The van der Waals surface area contributed by atoms with E-state index in [1.165, 1.54) is 14.2 Å². The fourth-order valence-corrected chi connectivity index (χ4v) is 3.40. The number of esters is 2. The van der Waals surface area contributed by atoms with Gasteiger partial charge in [-0.15, -0.1) is 0 Å². The van der Waals surface area contributed by atoms with Gasteiger partial charge in [0.2, 0.25) is 0 Å². The number of ether oxygens (including phenoxy) is 3. The smallest absolute Gasteiger partial charge is 0.315 e. The predicted octanol–water partition coefficient (Wildman–Crippen LogP) is 0.906. The third kappa shape index (κ3) is 1.41. The van der Waals surface area contributed by atoms with Crippen molar-refractivity contribution in [2.75, 3.05) is 14.2 Å². The van der Waals surface area contributed by atoms with Crippen LogP contribution in [0.25, 0.3) is 0 Å². The van der Waals surface area contributed by atoms with E-state index in [1.54, 1.807) is 6.92 Å². The van der Waals surface area contributed by atoms with Gasteiger partial charge in [-0.25, -0.2) is 0 Å². The first kappa shape index (κ1) is 12.4. The van der Waals surface area contributed by atoms with E-state index in [9.17, 15) is 9.59 Å². The normalized spacial score (nSPS) is 43.5. The van der Waals surface area contributed by atoms with Gasteiger partial charge in [0.1, 0.15) is 11.3 Å². The largest absolute Gasteiger partial charge is 0.469 e. The van der Waals surface area contributed by atoms with Crippen LogP contribution in [0.4, 0.5) is 0 Å². The molecule has 2 aliphatic rings. The van der Waals surface area contributed by atoms with Crippen molar-refractivity contribution < 1.29 is 23.8 Å². The Hall–Kier alpha value is -1.10. The van der Waals surface area contributed by atoms with Crippen molar-refractivity contribution in [3.8, 4) is 0 Å². The zero-order valence-electron chi connectivity index (χ0n) is 10.6. The first-order valence-electron chi connectivity index (χ1n) is 5.74. The summed E-state index contributed by atoms with van der Waals surface area (Å²) < 4.78 is 15.5. The van der Waals surface area contributed by atoms with Crippen LogP contribution in [0.2, 0.25) is 0 Å². The fraction of sp³-hybridized carbons (Fsp3) is 0.833. The molecular weight excluding hydrogens is 224 g/mol. The maximum atomic E-state index is 12.0. The van der Waals surface area contributed by atoms with Crippen molar-refractivity contribution in [3.63, 3.8) is 0 Å². The summed E-state index contributed by atoms with van der Waals surface area (Å²) in [6, 6.07) is 0. The maximum Gasteiger partial charge on any atom is 0.315 e. The van der Waals surface area contributed by atoms with E-state index in [2.05, 4.69) is 0 Å². The van der Waals surface area contributed by atoms with Crippen LogP contribution < -0.4 is 0 Å². The highest BCUT2D eigenvalue weighted by Gasteiger charge is 2.70. The number of fused-ring (bicyclic) bond motifs is 2. The van der Waals surface area contributed by atoms with Gasteiger partial charge in [-0.2, -0.15) is 0 Å². The van der Waals surface area contributed by atoms with E-state index in [-0.39, 0.29) is 6.10 Å². The Labute approximate surface area is 100 Å². The van der Waals surface area contributed by atoms with Gasteiger partial charge in [-0.05, 0) is 26.7 Å². The maximum absolute atomic E-state index is 12.0. The highest BCUT2D eigenvalue weighted by molar-refractivity contribution is 5.87. The van der Waals surface area contributed by atoms with Crippen molar-refractivity contribution in [2.45, 2.75) is 38.4 Å². The van der Waals surface area contributed by atoms with Gasteiger partial charge in [0, 0.05) is 0 Å². The van der Waals surface area contributed by atoms with Crippen molar-refractivity contribution in [1.82, 2.24) is 0 Å². The van der Waals surface area contributed by atoms with Gasteiger partial charge in [0.05, 0.1) is 25.9 Å². The zero-order chi connectivity index (χ0) is 12.8. The lowest BCUT2D eigenvalue weighted by atomic mass is 9.63. The standard InChI is InChI=1S/C12H18O5/c1-11-6-5-7(17-11)12(2,10(14)16-4)8(11)9(13)15-3/h7-8H,5-6H2,1-4H3/t7-,8+,11-,12-/m1/s1. The van der Waals surface area contributed by atoms with E-state index < -0.39 is 28.9 Å². The van der Waals surface area contributed by atoms with E-state index >= 15 is 0 Å².